The van der Waals surface area contributed by atoms with Gasteiger partial charge in [0.2, 0.25) is 5.91 Å². The third kappa shape index (κ3) is 7.38. The molecule has 2 N–H and O–H groups in total. The van der Waals surface area contributed by atoms with E-state index in [0.717, 1.165) is 28.8 Å². The molecule has 0 spiro atoms. The van der Waals surface area contributed by atoms with E-state index < -0.39 is 23.9 Å². The number of amides is 1. The highest BCUT2D eigenvalue weighted by Gasteiger charge is 2.31. The van der Waals surface area contributed by atoms with Crippen molar-refractivity contribution in [3.05, 3.63) is 46.3 Å². The molecule has 1 aromatic carbocycles. The number of anilines is 1. The van der Waals surface area contributed by atoms with Crippen molar-refractivity contribution in [1.82, 2.24) is 0 Å². The number of rotatable bonds is 10. The van der Waals surface area contributed by atoms with Crippen molar-refractivity contribution < 1.29 is 37.4 Å². The highest BCUT2D eigenvalue weighted by atomic mass is 32.2. The van der Waals surface area contributed by atoms with Gasteiger partial charge in [0.25, 0.3) is 0 Å². The molecule has 1 heterocycles. The normalized spacial score (nSPS) is 11.2. The lowest BCUT2D eigenvalue weighted by molar-refractivity contribution is -0.274. The van der Waals surface area contributed by atoms with Gasteiger partial charge in [-0.25, -0.2) is 0 Å². The number of thiophene rings is 1. The largest absolute Gasteiger partial charge is 0.573 e. The summed E-state index contributed by atoms with van der Waals surface area (Å²) < 4.78 is 40.6. The summed E-state index contributed by atoms with van der Waals surface area (Å²) in [4.78, 5) is 36.3. The van der Waals surface area contributed by atoms with Gasteiger partial charge in [-0.2, -0.15) is 0 Å². The van der Waals surface area contributed by atoms with Crippen LogP contribution in [0, 0.1) is 0 Å². The van der Waals surface area contributed by atoms with Crippen LogP contribution in [0.5, 0.6) is 5.75 Å². The van der Waals surface area contributed by atoms with Gasteiger partial charge >= 0.3 is 12.3 Å². The number of benzene rings is 1. The molecular weight excluding hydrogens is 443 g/mol. The second-order valence-electron chi connectivity index (χ2n) is 5.95. The molecule has 162 valence electrons. The van der Waals surface area contributed by atoms with Crippen LogP contribution in [0.2, 0.25) is 0 Å². The van der Waals surface area contributed by atoms with Crippen molar-refractivity contribution in [3.8, 4) is 5.75 Å². The summed E-state index contributed by atoms with van der Waals surface area (Å²) in [5.74, 6) is -2.00. The number of hydrogen-bond donors (Lipinski definition) is 2. The maximum atomic E-state index is 12.8. The van der Waals surface area contributed by atoms with Crippen LogP contribution in [0.4, 0.5) is 18.2 Å². The molecule has 11 heteroatoms. The first-order chi connectivity index (χ1) is 14.1. The van der Waals surface area contributed by atoms with Gasteiger partial charge < -0.3 is 15.2 Å². The molecule has 0 unspecified atom stereocenters. The van der Waals surface area contributed by atoms with Crippen LogP contribution in [-0.2, 0) is 16.0 Å². The number of alkyl halides is 3. The number of ether oxygens (including phenoxy) is 1. The van der Waals surface area contributed by atoms with Gasteiger partial charge in [0.05, 0.1) is 11.3 Å². The lowest BCUT2D eigenvalue weighted by atomic mass is 10.0. The fourth-order valence-corrected chi connectivity index (χ4v) is 4.01. The number of halogens is 3. The SMILES string of the molecule is CCc1cc(C(=O)c2ccc(OC(F)(F)F)cc2)c(NC(=O)CCSCC(=O)O)s1. The Morgan fingerprint density at radius 2 is 1.87 bits per heavy atom. The van der Waals surface area contributed by atoms with E-state index in [9.17, 15) is 27.6 Å². The highest BCUT2D eigenvalue weighted by Crippen LogP contribution is 2.31. The average Bonchev–Trinajstić information content (AvgIpc) is 3.06. The molecule has 0 radical (unpaired) electrons. The van der Waals surface area contributed by atoms with Crippen molar-refractivity contribution >= 4 is 45.8 Å². The Balaban J connectivity index is 2.11. The summed E-state index contributed by atoms with van der Waals surface area (Å²) in [5.41, 5.74) is 0.394. The van der Waals surface area contributed by atoms with Crippen LogP contribution in [-0.4, -0.2) is 40.6 Å². The summed E-state index contributed by atoms with van der Waals surface area (Å²) in [6, 6.07) is 6.18. The van der Waals surface area contributed by atoms with Gasteiger partial charge in [-0.1, -0.05) is 6.92 Å². The first kappa shape index (κ1) is 23.7. The van der Waals surface area contributed by atoms with E-state index in [0.29, 0.717) is 17.2 Å². The van der Waals surface area contributed by atoms with E-state index >= 15 is 0 Å². The second kappa shape index (κ2) is 10.5. The second-order valence-corrected chi connectivity index (χ2v) is 8.20. The zero-order chi connectivity index (χ0) is 22.3. The number of carbonyl (C=O) groups excluding carboxylic acids is 2. The molecule has 2 aromatic rings. The molecular formula is C19H18F3NO5S2. The number of carboxylic acid groups (broad SMARTS) is 1. The Hall–Kier alpha value is -2.53. The number of aryl methyl sites for hydroxylation is 1. The Bertz CT molecular complexity index is 910. The topological polar surface area (TPSA) is 92.7 Å². The van der Waals surface area contributed by atoms with E-state index in [1.165, 1.54) is 23.5 Å². The van der Waals surface area contributed by atoms with Crippen molar-refractivity contribution in [1.29, 1.82) is 0 Å². The fourth-order valence-electron chi connectivity index (χ4n) is 2.35. The van der Waals surface area contributed by atoms with E-state index in [-0.39, 0.29) is 29.2 Å². The average molecular weight is 461 g/mol. The lowest BCUT2D eigenvalue weighted by Crippen LogP contribution is -2.17. The van der Waals surface area contributed by atoms with Crippen LogP contribution in [0.25, 0.3) is 0 Å². The minimum absolute atomic E-state index is 0.0778. The molecule has 0 saturated carbocycles. The van der Waals surface area contributed by atoms with Gasteiger partial charge in [0.1, 0.15) is 10.8 Å². The van der Waals surface area contributed by atoms with Crippen LogP contribution >= 0.6 is 23.1 Å². The third-order valence-corrected chi connectivity index (χ3v) is 5.82. The van der Waals surface area contributed by atoms with Gasteiger partial charge in [-0.3, -0.25) is 14.4 Å². The van der Waals surface area contributed by atoms with Crippen molar-refractivity contribution in [3.63, 3.8) is 0 Å². The predicted octanol–water partition coefficient (Wildman–Crippen LogP) is 4.59. The molecule has 0 fully saturated rings. The van der Waals surface area contributed by atoms with E-state index in [1.807, 2.05) is 6.92 Å². The van der Waals surface area contributed by atoms with Gasteiger partial charge in [0.15, 0.2) is 5.78 Å². The predicted molar refractivity (Wildman–Crippen MR) is 108 cm³/mol. The number of aliphatic carboxylic acids is 1. The summed E-state index contributed by atoms with van der Waals surface area (Å²) in [6.07, 6.45) is -4.11. The first-order valence-electron chi connectivity index (χ1n) is 8.71. The molecule has 0 aliphatic heterocycles. The lowest BCUT2D eigenvalue weighted by Gasteiger charge is -2.09. The van der Waals surface area contributed by atoms with Crippen molar-refractivity contribution in [2.45, 2.75) is 26.1 Å². The minimum atomic E-state index is -4.82. The quantitative estimate of drug-likeness (QED) is 0.397. The van der Waals surface area contributed by atoms with Crippen molar-refractivity contribution in [2.24, 2.45) is 0 Å². The van der Waals surface area contributed by atoms with E-state index in [4.69, 9.17) is 5.11 Å². The van der Waals surface area contributed by atoms with Crippen LogP contribution in [0.3, 0.4) is 0 Å². The Morgan fingerprint density at radius 3 is 2.43 bits per heavy atom. The summed E-state index contributed by atoms with van der Waals surface area (Å²) in [6.45, 7) is 1.89. The third-order valence-electron chi connectivity index (χ3n) is 3.68. The Morgan fingerprint density at radius 1 is 1.20 bits per heavy atom. The molecule has 30 heavy (non-hydrogen) atoms. The number of hydrogen-bond acceptors (Lipinski definition) is 6. The molecule has 0 aliphatic carbocycles. The highest BCUT2D eigenvalue weighted by molar-refractivity contribution is 7.99. The zero-order valence-corrected chi connectivity index (χ0v) is 17.4. The van der Waals surface area contributed by atoms with Crippen molar-refractivity contribution in [2.75, 3.05) is 16.8 Å². The molecule has 1 aromatic heterocycles. The maximum Gasteiger partial charge on any atom is 0.573 e. The molecule has 0 atom stereocenters. The molecule has 6 nitrogen and oxygen atoms in total. The number of carboxylic acids is 1. The number of nitrogens with one attached hydrogen (secondary N) is 1. The molecule has 0 bridgehead atoms. The fraction of sp³-hybridized carbons (Fsp3) is 0.316. The minimum Gasteiger partial charge on any atom is -0.481 e. The van der Waals surface area contributed by atoms with E-state index in [1.54, 1.807) is 6.07 Å². The Labute approximate surface area is 178 Å². The summed E-state index contributed by atoms with van der Waals surface area (Å²) in [5, 5.41) is 11.6. The zero-order valence-electron chi connectivity index (χ0n) is 15.7. The molecule has 0 aliphatic rings. The van der Waals surface area contributed by atoms with Gasteiger partial charge in [-0.15, -0.1) is 36.3 Å². The molecule has 0 saturated heterocycles. The van der Waals surface area contributed by atoms with Crippen LogP contribution in [0.15, 0.2) is 30.3 Å². The first-order valence-corrected chi connectivity index (χ1v) is 10.7. The summed E-state index contributed by atoms with van der Waals surface area (Å²) in [7, 11) is 0. The smallest absolute Gasteiger partial charge is 0.481 e. The van der Waals surface area contributed by atoms with E-state index in [2.05, 4.69) is 10.1 Å². The standard InChI is InChI=1S/C19H18F3NO5S2/c1-2-13-9-14(18(30-13)23-15(24)7-8-29-10-16(25)26)17(27)11-3-5-12(6-4-11)28-19(20,21)22/h3-6,9H,2,7-8,10H2,1H3,(H,23,24)(H,25,26). The van der Waals surface area contributed by atoms with Crippen LogP contribution in [0.1, 0.15) is 34.1 Å². The Kier molecular flexibility index (Phi) is 8.30. The summed E-state index contributed by atoms with van der Waals surface area (Å²) >= 11 is 2.35. The van der Waals surface area contributed by atoms with Crippen LogP contribution < -0.4 is 10.1 Å². The maximum absolute atomic E-state index is 12.8. The monoisotopic (exact) mass is 461 g/mol. The number of thioether (sulfide) groups is 1. The molecule has 2 rings (SSSR count). The van der Waals surface area contributed by atoms with Gasteiger partial charge in [0, 0.05) is 22.6 Å². The molecule has 1 amide bonds. The number of ketones is 1. The number of carbonyl (C=O) groups is 3. The van der Waals surface area contributed by atoms with Gasteiger partial charge in [-0.05, 0) is 36.8 Å².